The van der Waals surface area contributed by atoms with Crippen LogP contribution in [0.25, 0.3) is 0 Å². The number of carbonyl (C=O) groups excluding carboxylic acids is 1. The van der Waals surface area contributed by atoms with E-state index in [-0.39, 0.29) is 36.6 Å². The number of halogens is 2. The monoisotopic (exact) mass is 285 g/mol. The minimum absolute atomic E-state index is 0. The number of nitrogens with zero attached hydrogens (tertiary/aromatic N) is 2. The molecule has 0 aromatic carbocycles. The summed E-state index contributed by atoms with van der Waals surface area (Å²) in [5.41, 5.74) is 5.50. The molecule has 1 amide bonds. The fourth-order valence-electron chi connectivity index (χ4n) is 1.87. The molecule has 1 aliphatic rings. The van der Waals surface area contributed by atoms with Gasteiger partial charge >= 0.3 is 0 Å². The first-order valence-electron chi connectivity index (χ1n) is 5.79. The molecule has 1 rings (SSSR count). The van der Waals surface area contributed by atoms with Gasteiger partial charge in [0.05, 0.1) is 0 Å². The van der Waals surface area contributed by atoms with Crippen molar-refractivity contribution < 1.29 is 4.79 Å². The number of carbonyl (C=O) groups is 1. The fourth-order valence-corrected chi connectivity index (χ4v) is 1.87. The Labute approximate surface area is 117 Å². The van der Waals surface area contributed by atoms with Crippen LogP contribution in [0.1, 0.15) is 20.8 Å². The third kappa shape index (κ3) is 5.42. The van der Waals surface area contributed by atoms with Crippen molar-refractivity contribution in [3.8, 4) is 0 Å². The van der Waals surface area contributed by atoms with Gasteiger partial charge in [-0.25, -0.2) is 0 Å². The van der Waals surface area contributed by atoms with Crippen molar-refractivity contribution in [3.05, 3.63) is 0 Å². The maximum atomic E-state index is 11.8. The highest BCUT2D eigenvalue weighted by molar-refractivity contribution is 5.85. The first-order valence-corrected chi connectivity index (χ1v) is 5.79. The van der Waals surface area contributed by atoms with Crippen molar-refractivity contribution in [1.82, 2.24) is 9.80 Å². The van der Waals surface area contributed by atoms with Gasteiger partial charge in [-0.2, -0.15) is 0 Å². The molecule has 17 heavy (non-hydrogen) atoms. The van der Waals surface area contributed by atoms with E-state index in [1.807, 2.05) is 11.8 Å². The number of amides is 1. The molecule has 104 valence electrons. The second-order valence-corrected chi connectivity index (χ2v) is 4.59. The van der Waals surface area contributed by atoms with E-state index in [2.05, 4.69) is 18.7 Å². The molecule has 1 unspecified atom stereocenters. The van der Waals surface area contributed by atoms with E-state index in [4.69, 9.17) is 5.73 Å². The molecule has 6 heteroatoms. The molecule has 0 spiro atoms. The van der Waals surface area contributed by atoms with Crippen LogP contribution in [0.5, 0.6) is 0 Å². The van der Waals surface area contributed by atoms with Crippen LogP contribution >= 0.6 is 24.8 Å². The fraction of sp³-hybridized carbons (Fsp3) is 0.909. The zero-order valence-electron chi connectivity index (χ0n) is 10.9. The quantitative estimate of drug-likeness (QED) is 0.841. The molecule has 1 heterocycles. The van der Waals surface area contributed by atoms with Gasteiger partial charge in [0.1, 0.15) is 0 Å². The molecule has 0 saturated carbocycles. The second-order valence-electron chi connectivity index (χ2n) is 4.59. The van der Waals surface area contributed by atoms with Crippen molar-refractivity contribution in [2.24, 2.45) is 11.7 Å². The number of piperazine rings is 1. The predicted molar refractivity (Wildman–Crippen MR) is 76.0 cm³/mol. The van der Waals surface area contributed by atoms with Crippen LogP contribution in [-0.2, 0) is 4.79 Å². The van der Waals surface area contributed by atoms with Crippen LogP contribution in [0.3, 0.4) is 0 Å². The Balaban J connectivity index is 0. The topological polar surface area (TPSA) is 49.6 Å². The molecule has 4 nitrogen and oxygen atoms in total. The summed E-state index contributed by atoms with van der Waals surface area (Å²) in [7, 11) is 0. The van der Waals surface area contributed by atoms with Gasteiger partial charge in [0.25, 0.3) is 0 Å². The van der Waals surface area contributed by atoms with Gasteiger partial charge in [0, 0.05) is 44.7 Å². The van der Waals surface area contributed by atoms with Crippen LogP contribution in [-0.4, -0.2) is 54.5 Å². The SMILES string of the molecule is CC(CN)C(=O)N1CCN(C(C)C)CC1.Cl.Cl. The normalized spacial score (nSPS) is 18.3. The summed E-state index contributed by atoms with van der Waals surface area (Å²) in [4.78, 5) is 16.2. The van der Waals surface area contributed by atoms with Crippen molar-refractivity contribution in [2.75, 3.05) is 32.7 Å². The van der Waals surface area contributed by atoms with Gasteiger partial charge in [-0.15, -0.1) is 24.8 Å². The molecule has 0 aromatic heterocycles. The Morgan fingerprint density at radius 2 is 1.59 bits per heavy atom. The molecule has 0 aromatic rings. The summed E-state index contributed by atoms with van der Waals surface area (Å²) in [5.74, 6) is 0.177. The van der Waals surface area contributed by atoms with Gasteiger partial charge in [-0.3, -0.25) is 9.69 Å². The summed E-state index contributed by atoms with van der Waals surface area (Å²) < 4.78 is 0. The van der Waals surface area contributed by atoms with Crippen molar-refractivity contribution in [3.63, 3.8) is 0 Å². The number of rotatable bonds is 3. The average molecular weight is 286 g/mol. The second kappa shape index (κ2) is 8.97. The van der Waals surface area contributed by atoms with E-state index in [0.29, 0.717) is 12.6 Å². The Morgan fingerprint density at radius 1 is 1.12 bits per heavy atom. The zero-order chi connectivity index (χ0) is 11.4. The lowest BCUT2D eigenvalue weighted by Crippen LogP contribution is -2.52. The lowest BCUT2D eigenvalue weighted by molar-refractivity contribution is -0.136. The zero-order valence-corrected chi connectivity index (χ0v) is 12.5. The first-order chi connectivity index (χ1) is 7.06. The number of hydrogen-bond donors (Lipinski definition) is 1. The minimum atomic E-state index is -0.0319. The van der Waals surface area contributed by atoms with Crippen molar-refractivity contribution in [1.29, 1.82) is 0 Å². The maximum absolute atomic E-state index is 11.8. The molecular formula is C11H25Cl2N3O. The van der Waals surface area contributed by atoms with Gasteiger partial charge < -0.3 is 10.6 Å². The minimum Gasteiger partial charge on any atom is -0.340 e. The van der Waals surface area contributed by atoms with E-state index in [1.54, 1.807) is 0 Å². The van der Waals surface area contributed by atoms with E-state index >= 15 is 0 Å². The van der Waals surface area contributed by atoms with Crippen LogP contribution in [0, 0.1) is 5.92 Å². The molecule has 1 saturated heterocycles. The summed E-state index contributed by atoms with van der Waals surface area (Å²) in [5, 5.41) is 0. The van der Waals surface area contributed by atoms with Crippen molar-refractivity contribution in [2.45, 2.75) is 26.8 Å². The standard InChI is InChI=1S/C11H23N3O.2ClH/c1-9(2)13-4-6-14(7-5-13)11(15)10(3)8-12;;/h9-10H,4-8,12H2,1-3H3;2*1H. The van der Waals surface area contributed by atoms with E-state index < -0.39 is 0 Å². The average Bonchev–Trinajstić information content (AvgIpc) is 2.27. The Hall–Kier alpha value is -0.0300. The molecule has 0 bridgehead atoms. The Morgan fingerprint density at radius 3 is 1.94 bits per heavy atom. The largest absolute Gasteiger partial charge is 0.340 e. The summed E-state index contributed by atoms with van der Waals surface area (Å²) in [6.07, 6.45) is 0. The smallest absolute Gasteiger partial charge is 0.226 e. The van der Waals surface area contributed by atoms with Crippen LogP contribution < -0.4 is 5.73 Å². The molecular weight excluding hydrogens is 261 g/mol. The molecule has 1 atom stereocenters. The third-order valence-electron chi connectivity index (χ3n) is 3.13. The van der Waals surface area contributed by atoms with E-state index in [0.717, 1.165) is 26.2 Å². The van der Waals surface area contributed by atoms with Crippen molar-refractivity contribution >= 4 is 30.7 Å². The van der Waals surface area contributed by atoms with Gasteiger partial charge in [-0.1, -0.05) is 6.92 Å². The summed E-state index contributed by atoms with van der Waals surface area (Å²) in [6.45, 7) is 10.4. The highest BCUT2D eigenvalue weighted by Crippen LogP contribution is 2.08. The summed E-state index contributed by atoms with van der Waals surface area (Å²) in [6, 6.07) is 0.578. The molecule has 1 aliphatic heterocycles. The lowest BCUT2D eigenvalue weighted by atomic mass is 10.1. The molecule has 0 aliphatic carbocycles. The lowest BCUT2D eigenvalue weighted by Gasteiger charge is -2.37. The molecule has 2 N–H and O–H groups in total. The first kappa shape index (κ1) is 19.3. The van der Waals surface area contributed by atoms with Gasteiger partial charge in [0.15, 0.2) is 0 Å². The Kier molecular flexibility index (Phi) is 10.2. The number of hydrogen-bond acceptors (Lipinski definition) is 3. The van der Waals surface area contributed by atoms with Crippen LogP contribution in [0.4, 0.5) is 0 Å². The highest BCUT2D eigenvalue weighted by Gasteiger charge is 2.24. The highest BCUT2D eigenvalue weighted by atomic mass is 35.5. The Bertz CT molecular complexity index is 219. The van der Waals surface area contributed by atoms with Gasteiger partial charge in [0.2, 0.25) is 5.91 Å². The van der Waals surface area contributed by atoms with Crippen LogP contribution in [0.2, 0.25) is 0 Å². The summed E-state index contributed by atoms with van der Waals surface area (Å²) >= 11 is 0. The predicted octanol–water partition coefficient (Wildman–Crippen LogP) is 0.977. The van der Waals surface area contributed by atoms with E-state index in [9.17, 15) is 4.79 Å². The maximum Gasteiger partial charge on any atom is 0.226 e. The van der Waals surface area contributed by atoms with Crippen LogP contribution in [0.15, 0.2) is 0 Å². The van der Waals surface area contributed by atoms with E-state index in [1.165, 1.54) is 0 Å². The molecule has 1 fully saturated rings. The van der Waals surface area contributed by atoms with Gasteiger partial charge in [-0.05, 0) is 13.8 Å². The number of nitrogens with two attached hydrogens (primary N) is 1. The third-order valence-corrected chi connectivity index (χ3v) is 3.13. The molecule has 0 radical (unpaired) electrons.